The van der Waals surface area contributed by atoms with Crippen molar-refractivity contribution >= 4 is 21.7 Å². The molecule has 26 heavy (non-hydrogen) atoms. The number of halogens is 1. The van der Waals surface area contributed by atoms with Gasteiger partial charge >= 0.3 is 5.97 Å². The number of hydrogen-bond donors (Lipinski definition) is 0. The monoisotopic (exact) mass is 383 g/mol. The van der Waals surface area contributed by atoms with Crippen LogP contribution in [0.5, 0.6) is 0 Å². The van der Waals surface area contributed by atoms with E-state index in [2.05, 4.69) is 0 Å². The maximum Gasteiger partial charge on any atom is 0.341 e. The molecule has 3 rings (SSSR count). The molecule has 6 nitrogen and oxygen atoms in total. The van der Waals surface area contributed by atoms with Crippen LogP contribution < -0.4 is 0 Å². The normalized spacial score (nSPS) is 22.3. The molecule has 1 aliphatic heterocycles. The van der Waals surface area contributed by atoms with Crippen LogP contribution in [0.25, 0.3) is 0 Å². The van der Waals surface area contributed by atoms with E-state index in [0.29, 0.717) is 6.42 Å². The van der Waals surface area contributed by atoms with Gasteiger partial charge in [0, 0.05) is 12.1 Å². The fourth-order valence-corrected chi connectivity index (χ4v) is 5.50. The number of carbonyl (C=O) groups excluding carboxylic acids is 2. The van der Waals surface area contributed by atoms with Gasteiger partial charge in [-0.2, -0.15) is 0 Å². The molecule has 142 valence electrons. The van der Waals surface area contributed by atoms with Crippen molar-refractivity contribution in [3.63, 3.8) is 0 Å². The maximum absolute atomic E-state index is 13.6. The highest BCUT2D eigenvalue weighted by Gasteiger charge is 2.39. The number of esters is 1. The summed E-state index contributed by atoms with van der Waals surface area (Å²) >= 11 is 0. The molecule has 0 radical (unpaired) electrons. The second kappa shape index (κ2) is 7.73. The average molecular weight is 383 g/mol. The summed E-state index contributed by atoms with van der Waals surface area (Å²) in [5, 5.41) is 0. The second-order valence-corrected chi connectivity index (χ2v) is 9.08. The van der Waals surface area contributed by atoms with Gasteiger partial charge in [0.15, 0.2) is 16.4 Å². The molecule has 2 fully saturated rings. The van der Waals surface area contributed by atoms with Crippen molar-refractivity contribution in [2.24, 2.45) is 0 Å². The van der Waals surface area contributed by atoms with Crippen LogP contribution in [0.2, 0.25) is 0 Å². The lowest BCUT2D eigenvalue weighted by molar-refractivity contribution is -0.139. The van der Waals surface area contributed by atoms with E-state index >= 15 is 0 Å². The number of carbonyl (C=O) groups is 2. The van der Waals surface area contributed by atoms with Gasteiger partial charge in [0.05, 0.1) is 17.1 Å². The van der Waals surface area contributed by atoms with Crippen LogP contribution in [-0.2, 0) is 19.4 Å². The number of ether oxygens (including phenoxy) is 1. The molecule has 1 aromatic carbocycles. The first-order chi connectivity index (χ1) is 12.4. The third-order valence-corrected chi connectivity index (χ3v) is 6.78. The number of benzene rings is 1. The summed E-state index contributed by atoms with van der Waals surface area (Å²) in [5.41, 5.74) is -0.226. The quantitative estimate of drug-likeness (QED) is 0.726. The molecule has 1 saturated carbocycles. The number of rotatable bonds is 5. The summed E-state index contributed by atoms with van der Waals surface area (Å²) in [6.07, 6.45) is 4.03. The van der Waals surface area contributed by atoms with Crippen LogP contribution in [0.15, 0.2) is 24.3 Å². The van der Waals surface area contributed by atoms with Gasteiger partial charge in [-0.05, 0) is 31.4 Å². The van der Waals surface area contributed by atoms with Crippen LogP contribution in [-0.4, -0.2) is 55.4 Å². The first-order valence-corrected chi connectivity index (χ1v) is 10.6. The number of nitrogens with zero attached hydrogens (tertiary/aromatic N) is 1. The lowest BCUT2D eigenvalue weighted by Crippen LogP contribution is -2.48. The maximum atomic E-state index is 13.6. The molecule has 0 N–H and O–H groups in total. The van der Waals surface area contributed by atoms with Gasteiger partial charge in [-0.1, -0.05) is 25.0 Å². The summed E-state index contributed by atoms with van der Waals surface area (Å²) in [6.45, 7) is -0.514. The fourth-order valence-electron chi connectivity index (χ4n) is 3.79. The highest BCUT2D eigenvalue weighted by molar-refractivity contribution is 7.91. The van der Waals surface area contributed by atoms with Crippen molar-refractivity contribution in [1.82, 2.24) is 4.90 Å². The highest BCUT2D eigenvalue weighted by Crippen LogP contribution is 2.29. The molecule has 0 aromatic heterocycles. The zero-order valence-electron chi connectivity index (χ0n) is 14.4. The minimum atomic E-state index is -3.13. The molecule has 1 aromatic rings. The Morgan fingerprint density at radius 2 is 1.81 bits per heavy atom. The standard InChI is InChI=1S/C18H22FNO5S/c19-16-8-4-3-7-15(16)18(22)25-11-17(21)20(13-5-1-2-6-13)14-9-10-26(23,24)12-14/h3-4,7-8,13-14H,1-2,5-6,9-12H2/t14-/m1/s1. The van der Waals surface area contributed by atoms with Gasteiger partial charge in [0.1, 0.15) is 5.82 Å². The number of hydrogen-bond acceptors (Lipinski definition) is 5. The topological polar surface area (TPSA) is 80.8 Å². The van der Waals surface area contributed by atoms with Gasteiger partial charge in [-0.3, -0.25) is 4.79 Å². The molecule has 1 saturated heterocycles. The van der Waals surface area contributed by atoms with E-state index in [-0.39, 0.29) is 29.2 Å². The summed E-state index contributed by atoms with van der Waals surface area (Å²) in [4.78, 5) is 26.3. The number of sulfone groups is 1. The first kappa shape index (κ1) is 18.8. The first-order valence-electron chi connectivity index (χ1n) is 8.80. The Balaban J connectivity index is 1.68. The van der Waals surface area contributed by atoms with E-state index in [9.17, 15) is 22.4 Å². The van der Waals surface area contributed by atoms with Gasteiger partial charge in [0.2, 0.25) is 0 Å². The Bertz CT molecular complexity index is 789. The molecule has 0 unspecified atom stereocenters. The van der Waals surface area contributed by atoms with Gasteiger partial charge in [-0.15, -0.1) is 0 Å². The summed E-state index contributed by atoms with van der Waals surface area (Å²) in [6, 6.07) is 5.01. The number of amides is 1. The zero-order chi connectivity index (χ0) is 18.7. The Labute approximate surface area is 152 Å². The Hall–Kier alpha value is -1.96. The Morgan fingerprint density at radius 3 is 2.42 bits per heavy atom. The molecule has 0 bridgehead atoms. The minimum absolute atomic E-state index is 0.0204. The van der Waals surface area contributed by atoms with Gasteiger partial charge in [0.25, 0.3) is 5.91 Å². The van der Waals surface area contributed by atoms with Crippen molar-refractivity contribution in [3.05, 3.63) is 35.6 Å². The van der Waals surface area contributed by atoms with E-state index in [0.717, 1.165) is 31.7 Å². The smallest absolute Gasteiger partial charge is 0.341 e. The van der Waals surface area contributed by atoms with Crippen molar-refractivity contribution in [2.45, 2.75) is 44.2 Å². The van der Waals surface area contributed by atoms with E-state index < -0.39 is 34.1 Å². The molecule has 8 heteroatoms. The van der Waals surface area contributed by atoms with Crippen molar-refractivity contribution in [1.29, 1.82) is 0 Å². The summed E-state index contributed by atoms with van der Waals surface area (Å²) < 4.78 is 42.3. The molecular weight excluding hydrogens is 361 g/mol. The van der Waals surface area contributed by atoms with Crippen LogP contribution >= 0.6 is 0 Å². The van der Waals surface area contributed by atoms with Crippen molar-refractivity contribution in [3.8, 4) is 0 Å². The molecule has 1 heterocycles. The van der Waals surface area contributed by atoms with Crippen LogP contribution in [0.4, 0.5) is 4.39 Å². The molecular formula is C18H22FNO5S. The largest absolute Gasteiger partial charge is 0.452 e. The fraction of sp³-hybridized carbons (Fsp3) is 0.556. The lowest BCUT2D eigenvalue weighted by atomic mass is 10.1. The van der Waals surface area contributed by atoms with E-state index in [1.807, 2.05) is 0 Å². The molecule has 1 amide bonds. The molecule has 0 spiro atoms. The minimum Gasteiger partial charge on any atom is -0.452 e. The van der Waals surface area contributed by atoms with Crippen molar-refractivity contribution < 1.29 is 27.1 Å². The van der Waals surface area contributed by atoms with E-state index in [4.69, 9.17) is 4.74 Å². The third kappa shape index (κ3) is 4.23. The summed E-state index contributed by atoms with van der Waals surface area (Å²) in [7, 11) is -3.13. The Kier molecular flexibility index (Phi) is 5.60. The summed E-state index contributed by atoms with van der Waals surface area (Å²) in [5.74, 6) is -2.00. The third-order valence-electron chi connectivity index (χ3n) is 5.03. The predicted molar refractivity (Wildman–Crippen MR) is 92.8 cm³/mol. The van der Waals surface area contributed by atoms with E-state index in [1.165, 1.54) is 18.2 Å². The van der Waals surface area contributed by atoms with Gasteiger partial charge < -0.3 is 9.64 Å². The molecule has 1 aliphatic carbocycles. The SMILES string of the molecule is O=C(OCC(=O)N(C1CCCC1)[C@@H]1CCS(=O)(=O)C1)c1ccccc1F. The Morgan fingerprint density at radius 1 is 1.12 bits per heavy atom. The predicted octanol–water partition coefficient (Wildman–Crippen LogP) is 1.94. The van der Waals surface area contributed by atoms with Gasteiger partial charge in [-0.25, -0.2) is 17.6 Å². The average Bonchev–Trinajstić information content (AvgIpc) is 3.23. The molecule has 1 atom stereocenters. The van der Waals surface area contributed by atoms with Crippen LogP contribution in [0.3, 0.4) is 0 Å². The zero-order valence-corrected chi connectivity index (χ0v) is 15.2. The van der Waals surface area contributed by atoms with Crippen LogP contribution in [0, 0.1) is 5.82 Å². The van der Waals surface area contributed by atoms with E-state index in [1.54, 1.807) is 4.90 Å². The lowest BCUT2D eigenvalue weighted by Gasteiger charge is -2.33. The molecule has 2 aliphatic rings. The second-order valence-electron chi connectivity index (χ2n) is 6.85. The van der Waals surface area contributed by atoms with Crippen LogP contribution in [0.1, 0.15) is 42.5 Å². The highest BCUT2D eigenvalue weighted by atomic mass is 32.2. The van der Waals surface area contributed by atoms with Crippen molar-refractivity contribution in [2.75, 3.05) is 18.1 Å².